The summed E-state index contributed by atoms with van der Waals surface area (Å²) in [7, 11) is 0. The Kier molecular flexibility index (Phi) is 3.71. The monoisotopic (exact) mass is 273 g/mol. The molecule has 1 saturated heterocycles. The van der Waals surface area contributed by atoms with E-state index in [0.717, 1.165) is 43.7 Å². The Morgan fingerprint density at radius 2 is 1.95 bits per heavy atom. The van der Waals surface area contributed by atoms with Crippen LogP contribution in [0.1, 0.15) is 10.6 Å². The maximum Gasteiger partial charge on any atom is 0.289 e. The van der Waals surface area contributed by atoms with Gasteiger partial charge in [0.05, 0.1) is 0 Å². The van der Waals surface area contributed by atoms with Gasteiger partial charge in [0.15, 0.2) is 5.76 Å². The lowest BCUT2D eigenvalue weighted by Crippen LogP contribution is -2.49. The van der Waals surface area contributed by atoms with Crippen molar-refractivity contribution >= 4 is 16.9 Å². The minimum Gasteiger partial charge on any atom is -0.451 e. The van der Waals surface area contributed by atoms with Gasteiger partial charge in [0.2, 0.25) is 0 Å². The molecule has 1 aliphatic heterocycles. The molecule has 1 fully saturated rings. The van der Waals surface area contributed by atoms with E-state index in [1.165, 1.54) is 0 Å². The molecule has 1 aromatic heterocycles. The Morgan fingerprint density at radius 3 is 2.65 bits per heavy atom. The summed E-state index contributed by atoms with van der Waals surface area (Å²) < 4.78 is 5.63. The molecule has 106 valence electrons. The number of carbonyl (C=O) groups is 1. The molecule has 5 nitrogen and oxygen atoms in total. The third-order valence-electron chi connectivity index (χ3n) is 3.74. The van der Waals surface area contributed by atoms with Crippen LogP contribution in [0.3, 0.4) is 0 Å². The maximum atomic E-state index is 12.4. The van der Waals surface area contributed by atoms with Crippen molar-refractivity contribution in [2.75, 3.05) is 39.3 Å². The first-order valence-corrected chi connectivity index (χ1v) is 6.98. The lowest BCUT2D eigenvalue weighted by Gasteiger charge is -2.33. The van der Waals surface area contributed by atoms with Crippen molar-refractivity contribution in [2.45, 2.75) is 0 Å². The molecule has 20 heavy (non-hydrogen) atoms. The molecule has 2 heterocycles. The van der Waals surface area contributed by atoms with E-state index >= 15 is 0 Å². The van der Waals surface area contributed by atoms with Gasteiger partial charge in [0.1, 0.15) is 5.58 Å². The van der Waals surface area contributed by atoms with Gasteiger partial charge in [0.25, 0.3) is 5.91 Å². The highest BCUT2D eigenvalue weighted by Gasteiger charge is 2.24. The fourth-order valence-electron chi connectivity index (χ4n) is 2.60. The average Bonchev–Trinajstić information content (AvgIpc) is 2.91. The number of benzene rings is 1. The predicted octanol–water partition coefficient (Wildman–Crippen LogP) is 1.15. The molecule has 0 aliphatic carbocycles. The quantitative estimate of drug-likeness (QED) is 0.911. The zero-order valence-electron chi connectivity index (χ0n) is 11.4. The topological polar surface area (TPSA) is 62.7 Å². The molecule has 5 heteroatoms. The van der Waals surface area contributed by atoms with Crippen molar-refractivity contribution in [1.29, 1.82) is 0 Å². The summed E-state index contributed by atoms with van der Waals surface area (Å²) in [5.74, 6) is 0.409. The summed E-state index contributed by atoms with van der Waals surface area (Å²) in [6, 6.07) is 9.51. The van der Waals surface area contributed by atoms with Crippen molar-refractivity contribution in [1.82, 2.24) is 9.80 Å². The molecule has 2 aromatic rings. The molecule has 0 spiro atoms. The Bertz CT molecular complexity index is 567. The molecule has 1 aromatic carbocycles. The zero-order chi connectivity index (χ0) is 13.9. The molecule has 0 radical (unpaired) electrons. The van der Waals surface area contributed by atoms with Crippen molar-refractivity contribution < 1.29 is 9.21 Å². The van der Waals surface area contributed by atoms with E-state index in [-0.39, 0.29) is 5.91 Å². The normalized spacial score (nSPS) is 16.8. The van der Waals surface area contributed by atoms with Gasteiger partial charge in [-0.05, 0) is 12.1 Å². The third kappa shape index (κ3) is 2.55. The molecule has 1 aliphatic rings. The largest absolute Gasteiger partial charge is 0.451 e. The standard InChI is InChI=1S/C15H19N3O2/c16-5-6-17-7-9-18(10-8-17)15(19)14-11-12-3-1-2-4-13(12)20-14/h1-4,11H,5-10,16H2. The number of hydrogen-bond acceptors (Lipinski definition) is 4. The van der Waals surface area contributed by atoms with Gasteiger partial charge < -0.3 is 15.1 Å². The van der Waals surface area contributed by atoms with Crippen LogP contribution in [0.15, 0.2) is 34.7 Å². The third-order valence-corrected chi connectivity index (χ3v) is 3.74. The van der Waals surface area contributed by atoms with Crippen LogP contribution >= 0.6 is 0 Å². The second-order valence-electron chi connectivity index (χ2n) is 5.07. The van der Waals surface area contributed by atoms with Gasteiger partial charge in [-0.25, -0.2) is 0 Å². The maximum absolute atomic E-state index is 12.4. The minimum absolute atomic E-state index is 0.0198. The highest BCUT2D eigenvalue weighted by Crippen LogP contribution is 2.20. The molecule has 3 rings (SSSR count). The van der Waals surface area contributed by atoms with Crippen molar-refractivity contribution in [3.8, 4) is 0 Å². The molecule has 0 bridgehead atoms. The molecular weight excluding hydrogens is 254 g/mol. The number of carbonyl (C=O) groups excluding carboxylic acids is 1. The number of furan rings is 1. The van der Waals surface area contributed by atoms with Crippen molar-refractivity contribution in [2.24, 2.45) is 5.73 Å². The lowest BCUT2D eigenvalue weighted by molar-refractivity contribution is 0.0612. The van der Waals surface area contributed by atoms with E-state index < -0.39 is 0 Å². The second-order valence-corrected chi connectivity index (χ2v) is 5.07. The summed E-state index contributed by atoms with van der Waals surface area (Å²) in [5.41, 5.74) is 6.31. The number of fused-ring (bicyclic) bond motifs is 1. The summed E-state index contributed by atoms with van der Waals surface area (Å²) in [6.07, 6.45) is 0. The first-order valence-electron chi connectivity index (χ1n) is 6.98. The molecule has 0 saturated carbocycles. The molecule has 0 unspecified atom stereocenters. The molecule has 1 amide bonds. The molecule has 0 atom stereocenters. The van der Waals surface area contributed by atoms with Gasteiger partial charge in [-0.2, -0.15) is 0 Å². The average molecular weight is 273 g/mol. The SMILES string of the molecule is NCCN1CCN(C(=O)c2cc3ccccc3o2)CC1. The number of nitrogens with two attached hydrogens (primary N) is 1. The van der Waals surface area contributed by atoms with Crippen LogP contribution in [0.2, 0.25) is 0 Å². The molecule has 2 N–H and O–H groups in total. The number of piperazine rings is 1. The number of nitrogens with zero attached hydrogens (tertiary/aromatic N) is 2. The van der Waals surface area contributed by atoms with Gasteiger partial charge >= 0.3 is 0 Å². The fourth-order valence-corrected chi connectivity index (χ4v) is 2.60. The van der Waals surface area contributed by atoms with E-state index in [1.807, 2.05) is 35.2 Å². The van der Waals surface area contributed by atoms with Crippen LogP contribution in [-0.4, -0.2) is 55.0 Å². The lowest BCUT2D eigenvalue weighted by atomic mass is 10.2. The Labute approximate surface area is 117 Å². The zero-order valence-corrected chi connectivity index (χ0v) is 11.4. The van der Waals surface area contributed by atoms with Gasteiger partial charge in [-0.15, -0.1) is 0 Å². The van der Waals surface area contributed by atoms with Crippen LogP contribution in [0, 0.1) is 0 Å². The highest BCUT2D eigenvalue weighted by atomic mass is 16.3. The van der Waals surface area contributed by atoms with Crippen LogP contribution in [-0.2, 0) is 0 Å². The summed E-state index contributed by atoms with van der Waals surface area (Å²) >= 11 is 0. The first-order chi connectivity index (χ1) is 9.78. The van der Waals surface area contributed by atoms with E-state index in [0.29, 0.717) is 12.3 Å². The smallest absolute Gasteiger partial charge is 0.289 e. The van der Waals surface area contributed by atoms with Crippen molar-refractivity contribution in [3.63, 3.8) is 0 Å². The second kappa shape index (κ2) is 5.64. The number of hydrogen-bond donors (Lipinski definition) is 1. The van der Waals surface area contributed by atoms with Crippen molar-refractivity contribution in [3.05, 3.63) is 36.1 Å². The van der Waals surface area contributed by atoms with Gasteiger partial charge in [-0.3, -0.25) is 9.69 Å². The summed E-state index contributed by atoms with van der Waals surface area (Å²) in [4.78, 5) is 16.6. The van der Waals surface area contributed by atoms with Crippen LogP contribution in [0.4, 0.5) is 0 Å². The first kappa shape index (κ1) is 13.1. The van der Waals surface area contributed by atoms with E-state index in [1.54, 1.807) is 0 Å². The van der Waals surface area contributed by atoms with Gasteiger partial charge in [-0.1, -0.05) is 18.2 Å². The highest BCUT2D eigenvalue weighted by molar-refractivity contribution is 5.96. The van der Waals surface area contributed by atoms with E-state index in [2.05, 4.69) is 4.90 Å². The van der Waals surface area contributed by atoms with Gasteiger partial charge in [0, 0.05) is 44.7 Å². The molecular formula is C15H19N3O2. The minimum atomic E-state index is -0.0198. The summed E-state index contributed by atoms with van der Waals surface area (Å²) in [5, 5.41) is 0.970. The Morgan fingerprint density at radius 1 is 1.20 bits per heavy atom. The summed E-state index contributed by atoms with van der Waals surface area (Å²) in [6.45, 7) is 4.78. The number of para-hydroxylation sites is 1. The van der Waals surface area contributed by atoms with Crippen LogP contribution in [0.25, 0.3) is 11.0 Å². The number of rotatable bonds is 3. The predicted molar refractivity (Wildman–Crippen MR) is 77.6 cm³/mol. The van der Waals surface area contributed by atoms with Crippen LogP contribution < -0.4 is 5.73 Å². The number of amides is 1. The Hall–Kier alpha value is -1.85. The van der Waals surface area contributed by atoms with E-state index in [4.69, 9.17) is 10.2 Å². The fraction of sp³-hybridized carbons (Fsp3) is 0.400. The Balaban J connectivity index is 1.70. The van der Waals surface area contributed by atoms with E-state index in [9.17, 15) is 4.79 Å². The van der Waals surface area contributed by atoms with Crippen LogP contribution in [0.5, 0.6) is 0 Å².